The van der Waals surface area contributed by atoms with E-state index in [4.69, 9.17) is 4.74 Å². The van der Waals surface area contributed by atoms with Crippen LogP contribution in [0.2, 0.25) is 0 Å². The van der Waals surface area contributed by atoms with E-state index >= 15 is 0 Å². The molecule has 9 heteroatoms. The number of fused-ring (bicyclic) bond motifs is 1. The molecule has 0 bridgehead atoms. The summed E-state index contributed by atoms with van der Waals surface area (Å²) in [5.74, 6) is 0.690. The predicted octanol–water partition coefficient (Wildman–Crippen LogP) is 2.20. The Morgan fingerprint density at radius 3 is 2.63 bits per heavy atom. The molecule has 0 saturated carbocycles. The van der Waals surface area contributed by atoms with Crippen LogP contribution < -0.4 is 9.64 Å². The lowest BCUT2D eigenvalue weighted by molar-refractivity contribution is 0.198. The summed E-state index contributed by atoms with van der Waals surface area (Å²) in [6, 6.07) is 11.5. The number of aliphatic hydroxyl groups excluding tert-OH is 1. The van der Waals surface area contributed by atoms with Crippen molar-refractivity contribution in [2.75, 3.05) is 38.2 Å². The second-order valence-electron chi connectivity index (χ2n) is 7.78. The lowest BCUT2D eigenvalue weighted by Gasteiger charge is -2.30. The zero-order valence-electron chi connectivity index (χ0n) is 16.7. The molecule has 1 aromatic carbocycles. The van der Waals surface area contributed by atoms with Crippen molar-refractivity contribution >= 4 is 26.7 Å². The van der Waals surface area contributed by atoms with E-state index in [1.165, 1.54) is 11.4 Å². The first-order chi connectivity index (χ1) is 14.5. The number of ether oxygens (including phenoxy) is 1. The van der Waals surface area contributed by atoms with Crippen LogP contribution in [0.4, 0.5) is 5.82 Å². The Bertz CT molecular complexity index is 1170. The van der Waals surface area contributed by atoms with Crippen LogP contribution in [0.15, 0.2) is 41.3 Å². The fourth-order valence-electron chi connectivity index (χ4n) is 4.06. The number of aliphatic hydroxyl groups is 1. The van der Waals surface area contributed by atoms with Gasteiger partial charge in [-0.3, -0.25) is 0 Å². The van der Waals surface area contributed by atoms with Crippen LogP contribution >= 0.6 is 0 Å². The van der Waals surface area contributed by atoms with E-state index in [0.717, 1.165) is 23.0 Å². The van der Waals surface area contributed by atoms with Crippen molar-refractivity contribution in [1.29, 1.82) is 0 Å². The normalized spacial score (nSPS) is 19.9. The summed E-state index contributed by atoms with van der Waals surface area (Å²) in [7, 11) is -2.26. The summed E-state index contributed by atoms with van der Waals surface area (Å²) < 4.78 is 33.2. The second kappa shape index (κ2) is 7.26. The van der Waals surface area contributed by atoms with Crippen LogP contribution in [0.1, 0.15) is 12.8 Å². The monoisotopic (exact) mass is 428 g/mol. The number of nitrogens with zero attached hydrogens (tertiary/aromatic N) is 3. The van der Waals surface area contributed by atoms with Gasteiger partial charge in [-0.25, -0.2) is 8.42 Å². The molecule has 0 amide bonds. The van der Waals surface area contributed by atoms with Gasteiger partial charge in [0.1, 0.15) is 10.7 Å². The summed E-state index contributed by atoms with van der Waals surface area (Å²) in [6.07, 6.45) is 1.07. The molecular weight excluding hydrogens is 404 g/mol. The highest BCUT2D eigenvalue weighted by Crippen LogP contribution is 2.39. The van der Waals surface area contributed by atoms with Crippen molar-refractivity contribution in [2.45, 2.75) is 23.8 Å². The molecule has 2 N–H and O–H groups in total. The van der Waals surface area contributed by atoms with Gasteiger partial charge in [0.2, 0.25) is 15.9 Å². The van der Waals surface area contributed by atoms with Gasteiger partial charge in [0.15, 0.2) is 0 Å². The molecule has 0 unspecified atom stereocenters. The number of benzene rings is 1. The van der Waals surface area contributed by atoms with E-state index in [9.17, 15) is 13.5 Å². The van der Waals surface area contributed by atoms with Gasteiger partial charge in [-0.15, -0.1) is 0 Å². The zero-order chi connectivity index (χ0) is 20.9. The van der Waals surface area contributed by atoms with Crippen LogP contribution in [0.25, 0.3) is 22.2 Å². The molecule has 5 rings (SSSR count). The van der Waals surface area contributed by atoms with Crippen molar-refractivity contribution in [3.63, 3.8) is 0 Å². The smallest absolute Gasteiger partial charge is 0.248 e. The number of anilines is 1. The highest BCUT2D eigenvalue weighted by molar-refractivity contribution is 7.89. The molecule has 2 aliphatic rings. The summed E-state index contributed by atoms with van der Waals surface area (Å²) >= 11 is 0. The van der Waals surface area contributed by atoms with Gasteiger partial charge in [-0.1, -0.05) is 18.2 Å². The highest BCUT2D eigenvalue weighted by Gasteiger charge is 2.35. The molecule has 3 aromatic rings. The lowest BCUT2D eigenvalue weighted by Crippen LogP contribution is -2.42. The first kappa shape index (κ1) is 19.3. The summed E-state index contributed by atoms with van der Waals surface area (Å²) in [5, 5.41) is 11.1. The fraction of sp³-hybridized carbons (Fsp3) is 0.381. The van der Waals surface area contributed by atoms with Gasteiger partial charge in [0.05, 0.1) is 18.9 Å². The van der Waals surface area contributed by atoms with Gasteiger partial charge in [0, 0.05) is 42.6 Å². The minimum absolute atomic E-state index is 0.0712. The first-order valence-electron chi connectivity index (χ1n) is 10.1. The average molecular weight is 429 g/mol. The molecule has 8 nitrogen and oxygen atoms in total. The quantitative estimate of drug-likeness (QED) is 0.647. The fourth-order valence-corrected chi connectivity index (χ4v) is 5.69. The number of aromatic nitrogens is 2. The Morgan fingerprint density at radius 2 is 2.00 bits per heavy atom. The maximum atomic E-state index is 13.2. The predicted molar refractivity (Wildman–Crippen MR) is 114 cm³/mol. The van der Waals surface area contributed by atoms with Crippen LogP contribution in [0.3, 0.4) is 0 Å². The number of nitrogens with one attached hydrogen (secondary N) is 1. The van der Waals surface area contributed by atoms with Crippen LogP contribution in [-0.4, -0.2) is 67.2 Å². The molecule has 2 saturated heterocycles. The number of rotatable bonds is 5. The average Bonchev–Trinajstić information content (AvgIpc) is 3.31. The first-order valence-corrected chi connectivity index (χ1v) is 11.5. The van der Waals surface area contributed by atoms with Crippen molar-refractivity contribution in [3.05, 3.63) is 36.4 Å². The number of hydrogen-bond acceptors (Lipinski definition) is 6. The van der Waals surface area contributed by atoms with Crippen molar-refractivity contribution in [3.8, 4) is 17.1 Å². The maximum Gasteiger partial charge on any atom is 0.248 e. The number of sulfonamides is 1. The molecule has 30 heavy (non-hydrogen) atoms. The van der Waals surface area contributed by atoms with E-state index in [-0.39, 0.29) is 10.8 Å². The molecule has 2 fully saturated rings. The van der Waals surface area contributed by atoms with E-state index in [2.05, 4.69) is 9.97 Å². The Kier molecular flexibility index (Phi) is 4.68. The number of H-pyrrole nitrogens is 1. The molecule has 2 aromatic heterocycles. The van der Waals surface area contributed by atoms with Gasteiger partial charge in [-0.2, -0.15) is 9.29 Å². The number of methoxy groups -OCH3 is 1. The van der Waals surface area contributed by atoms with E-state index in [0.29, 0.717) is 44.0 Å². The molecule has 4 heterocycles. The number of para-hydroxylation sites is 1. The van der Waals surface area contributed by atoms with Gasteiger partial charge in [0.25, 0.3) is 0 Å². The number of hydrogen-bond donors (Lipinski definition) is 2. The third-order valence-corrected chi connectivity index (χ3v) is 7.74. The maximum absolute atomic E-state index is 13.2. The third kappa shape index (κ3) is 3.13. The molecule has 0 spiro atoms. The van der Waals surface area contributed by atoms with Crippen molar-refractivity contribution < 1.29 is 18.3 Å². The number of β-amino-alcohol motifs (C(OH)–C–C–N with tert-alkyl or cyclic N) is 1. The van der Waals surface area contributed by atoms with Crippen molar-refractivity contribution in [1.82, 2.24) is 14.3 Å². The van der Waals surface area contributed by atoms with Crippen LogP contribution in [-0.2, 0) is 10.0 Å². The Balaban J connectivity index is 1.72. The number of pyridine rings is 1. The largest absolute Gasteiger partial charge is 0.480 e. The van der Waals surface area contributed by atoms with Gasteiger partial charge >= 0.3 is 0 Å². The van der Waals surface area contributed by atoms with Crippen molar-refractivity contribution in [2.24, 2.45) is 0 Å². The second-order valence-corrected chi connectivity index (χ2v) is 9.69. The van der Waals surface area contributed by atoms with Gasteiger partial charge in [-0.05, 0) is 31.0 Å². The minimum Gasteiger partial charge on any atom is -0.480 e. The van der Waals surface area contributed by atoms with Crippen LogP contribution in [0.5, 0.6) is 5.88 Å². The topological polar surface area (TPSA) is 98.8 Å². The highest BCUT2D eigenvalue weighted by atomic mass is 32.2. The summed E-state index contributed by atoms with van der Waals surface area (Å²) in [6.45, 7) is 2.10. The van der Waals surface area contributed by atoms with E-state index < -0.39 is 16.1 Å². The summed E-state index contributed by atoms with van der Waals surface area (Å²) in [5.41, 5.74) is 2.42. The number of aromatic amines is 1. The van der Waals surface area contributed by atoms with E-state index in [1.54, 1.807) is 6.07 Å². The van der Waals surface area contributed by atoms with Gasteiger partial charge < -0.3 is 19.7 Å². The standard InChI is InChI=1S/C21H24N4O4S/c1-29-21-19(30(27,28)25-8-4-9-25)12-16(20(23-21)24-10-7-15(26)13-24)18-11-14-5-2-3-6-17(14)22-18/h2-3,5-6,11-12,15,22,26H,4,7-10,13H2,1H3/t15-/m0/s1. The van der Waals surface area contributed by atoms with E-state index in [1.807, 2.05) is 35.2 Å². The molecule has 0 radical (unpaired) electrons. The Labute approximate surface area is 175 Å². The summed E-state index contributed by atoms with van der Waals surface area (Å²) in [4.78, 5) is 10.1. The molecular formula is C21H24N4O4S. The SMILES string of the molecule is COc1nc(N2CC[C@H](O)C2)c(-c2cc3ccccc3[nH]2)cc1S(=O)(=O)N1CCC1. The zero-order valence-corrected chi connectivity index (χ0v) is 17.5. The Hall–Kier alpha value is -2.62. The molecule has 2 aliphatic heterocycles. The Morgan fingerprint density at radius 1 is 1.20 bits per heavy atom. The molecule has 158 valence electrons. The minimum atomic E-state index is -3.69. The lowest BCUT2D eigenvalue weighted by atomic mass is 10.1. The third-order valence-electron chi connectivity index (χ3n) is 5.84. The van der Waals surface area contributed by atoms with Crippen LogP contribution in [0, 0.1) is 0 Å². The molecule has 1 atom stereocenters. The molecule has 0 aliphatic carbocycles.